The van der Waals surface area contributed by atoms with Crippen molar-refractivity contribution in [3.05, 3.63) is 188 Å². The van der Waals surface area contributed by atoms with E-state index in [4.69, 9.17) is 15.0 Å². The van der Waals surface area contributed by atoms with Crippen molar-refractivity contribution in [2.75, 3.05) is 0 Å². The van der Waals surface area contributed by atoms with Crippen molar-refractivity contribution < 1.29 is 0 Å². The summed E-state index contributed by atoms with van der Waals surface area (Å²) >= 11 is 0. The van der Waals surface area contributed by atoms with E-state index >= 15 is 0 Å². The molecule has 54 heavy (non-hydrogen) atoms. The summed E-state index contributed by atoms with van der Waals surface area (Å²) in [6.45, 7) is 0. The van der Waals surface area contributed by atoms with E-state index in [0.29, 0.717) is 11.8 Å². The summed E-state index contributed by atoms with van der Waals surface area (Å²) in [5, 5.41) is 7.31. The van der Waals surface area contributed by atoms with Gasteiger partial charge in [0.15, 0.2) is 5.82 Å². The summed E-state index contributed by atoms with van der Waals surface area (Å²) < 4.78 is 4.61. The molecule has 0 spiro atoms. The van der Waals surface area contributed by atoms with Crippen LogP contribution in [0.3, 0.4) is 0 Å². The first-order chi connectivity index (χ1) is 26.8. The second-order valence-electron chi connectivity index (χ2n) is 14.0. The van der Waals surface area contributed by atoms with Crippen molar-refractivity contribution in [1.29, 1.82) is 0 Å². The number of aromatic nitrogens is 5. The SMILES string of the molecule is C1=CCC(c2nc(-c3ccccc3)nc(-n3c4ccccc4c4ccc(-c5ccc6c(c5)c5c7ccccc7ccc5n6-c5ccccc5)cc43)n2)C=C1. The van der Waals surface area contributed by atoms with Crippen LogP contribution >= 0.6 is 0 Å². The monoisotopic (exact) mass is 691 g/mol. The van der Waals surface area contributed by atoms with E-state index in [1.165, 1.54) is 32.6 Å². The van der Waals surface area contributed by atoms with Crippen molar-refractivity contribution in [2.45, 2.75) is 12.3 Å². The van der Waals surface area contributed by atoms with E-state index in [0.717, 1.165) is 56.4 Å². The molecule has 0 bridgehead atoms. The Kier molecular flexibility index (Phi) is 6.92. The topological polar surface area (TPSA) is 48.5 Å². The van der Waals surface area contributed by atoms with E-state index in [2.05, 4.69) is 173 Å². The zero-order chi connectivity index (χ0) is 35.6. The van der Waals surface area contributed by atoms with Gasteiger partial charge in [0.1, 0.15) is 5.82 Å². The second kappa shape index (κ2) is 12.2. The third kappa shape index (κ3) is 4.82. The number of hydrogen-bond acceptors (Lipinski definition) is 3. The normalized spacial score (nSPS) is 14.3. The van der Waals surface area contributed by atoms with Gasteiger partial charge in [-0.15, -0.1) is 0 Å². The average Bonchev–Trinajstić information content (AvgIpc) is 3.77. The first kappa shape index (κ1) is 30.5. The third-order valence-electron chi connectivity index (χ3n) is 10.9. The lowest BCUT2D eigenvalue weighted by Crippen LogP contribution is -2.11. The highest BCUT2D eigenvalue weighted by Crippen LogP contribution is 2.40. The predicted octanol–water partition coefficient (Wildman–Crippen LogP) is 12.2. The molecule has 1 atom stereocenters. The molecule has 0 N–H and O–H groups in total. The van der Waals surface area contributed by atoms with Crippen LogP contribution in [0, 0.1) is 0 Å². The Morgan fingerprint density at radius 3 is 2.02 bits per heavy atom. The van der Waals surface area contributed by atoms with Crippen LogP contribution < -0.4 is 0 Å². The fraction of sp³-hybridized carbons (Fsp3) is 0.0408. The zero-order valence-electron chi connectivity index (χ0n) is 29.3. The molecule has 7 aromatic carbocycles. The Hall–Kier alpha value is -7.11. The maximum atomic E-state index is 5.22. The van der Waals surface area contributed by atoms with Gasteiger partial charge in [-0.25, -0.2) is 4.98 Å². The highest BCUT2D eigenvalue weighted by molar-refractivity contribution is 6.22. The minimum absolute atomic E-state index is 0.0729. The van der Waals surface area contributed by atoms with Gasteiger partial charge in [-0.3, -0.25) is 4.57 Å². The van der Waals surface area contributed by atoms with Crippen molar-refractivity contribution in [2.24, 2.45) is 0 Å². The van der Waals surface area contributed by atoms with Gasteiger partial charge < -0.3 is 4.57 Å². The summed E-state index contributed by atoms with van der Waals surface area (Å²) in [5.74, 6) is 2.14. The quantitative estimate of drug-likeness (QED) is 0.180. The first-order valence-corrected chi connectivity index (χ1v) is 18.5. The fourth-order valence-electron chi connectivity index (χ4n) is 8.33. The lowest BCUT2D eigenvalue weighted by molar-refractivity contribution is 0.750. The van der Waals surface area contributed by atoms with Crippen LogP contribution in [0.1, 0.15) is 18.2 Å². The number of nitrogens with zero attached hydrogens (tertiary/aromatic N) is 5. The molecule has 0 radical (unpaired) electrons. The van der Waals surface area contributed by atoms with Gasteiger partial charge in [0.2, 0.25) is 5.95 Å². The van der Waals surface area contributed by atoms with Crippen LogP contribution in [0.4, 0.5) is 0 Å². The minimum Gasteiger partial charge on any atom is -0.309 e. The van der Waals surface area contributed by atoms with Crippen LogP contribution in [0.5, 0.6) is 0 Å². The van der Waals surface area contributed by atoms with Gasteiger partial charge in [0, 0.05) is 38.7 Å². The third-order valence-corrected chi connectivity index (χ3v) is 10.9. The molecule has 1 unspecified atom stereocenters. The van der Waals surface area contributed by atoms with E-state index in [1.54, 1.807) is 0 Å². The Labute approximate surface area is 311 Å². The van der Waals surface area contributed by atoms with Crippen LogP contribution in [0.25, 0.3) is 88.5 Å². The molecule has 11 rings (SSSR count). The Balaban J connectivity index is 1.15. The molecule has 0 amide bonds. The van der Waals surface area contributed by atoms with Gasteiger partial charge in [-0.05, 0) is 70.8 Å². The molecule has 1 aliphatic carbocycles. The molecular formula is C49H33N5. The highest BCUT2D eigenvalue weighted by atomic mass is 15.2. The summed E-state index contributed by atoms with van der Waals surface area (Å²) in [5.41, 5.74) is 8.91. The standard InChI is InChI=1S/C49H33N5/c1-4-15-33(16-5-1)47-50-48(34-17-6-2-7-18-34)52-49(51-47)54-42-23-13-12-22-39(42)40-27-24-36(31-45(40)54)35-26-28-43-41(30-35)46-38-21-11-10-14-32(38)25-29-44(46)53(43)37-19-8-3-9-20-37/h1-17,19-31,34H,18H2. The predicted molar refractivity (Wildman–Crippen MR) is 223 cm³/mol. The number of fused-ring (bicyclic) bond motifs is 8. The maximum absolute atomic E-state index is 5.22. The van der Waals surface area contributed by atoms with Crippen LogP contribution in [0.15, 0.2) is 182 Å². The zero-order valence-corrected chi connectivity index (χ0v) is 29.3. The Morgan fingerprint density at radius 2 is 1.17 bits per heavy atom. The number of para-hydroxylation sites is 2. The van der Waals surface area contributed by atoms with Crippen molar-refractivity contribution in [3.8, 4) is 34.2 Å². The lowest BCUT2D eigenvalue weighted by Gasteiger charge is -2.15. The molecule has 3 heterocycles. The largest absolute Gasteiger partial charge is 0.309 e. The smallest absolute Gasteiger partial charge is 0.238 e. The molecular weight excluding hydrogens is 659 g/mol. The van der Waals surface area contributed by atoms with Crippen LogP contribution in [-0.2, 0) is 0 Å². The molecule has 0 fully saturated rings. The van der Waals surface area contributed by atoms with E-state index in [1.807, 2.05) is 18.2 Å². The molecule has 3 aromatic heterocycles. The fourth-order valence-corrected chi connectivity index (χ4v) is 8.33. The molecule has 0 saturated carbocycles. The van der Waals surface area contributed by atoms with Crippen LogP contribution in [0.2, 0.25) is 0 Å². The van der Waals surface area contributed by atoms with Gasteiger partial charge in [0.05, 0.1) is 22.1 Å². The summed E-state index contributed by atoms with van der Waals surface area (Å²) in [6.07, 6.45) is 9.39. The van der Waals surface area contributed by atoms with Gasteiger partial charge in [-0.2, -0.15) is 9.97 Å². The van der Waals surface area contributed by atoms with Crippen molar-refractivity contribution in [3.63, 3.8) is 0 Å². The molecule has 0 aliphatic heterocycles. The summed E-state index contributed by atoms with van der Waals surface area (Å²) in [6, 6.07) is 56.4. The van der Waals surface area contributed by atoms with E-state index in [-0.39, 0.29) is 5.92 Å². The molecule has 5 heteroatoms. The molecule has 5 nitrogen and oxygen atoms in total. The first-order valence-electron chi connectivity index (χ1n) is 18.5. The second-order valence-corrected chi connectivity index (χ2v) is 14.0. The Bertz CT molecular complexity index is 3130. The van der Waals surface area contributed by atoms with E-state index in [9.17, 15) is 0 Å². The van der Waals surface area contributed by atoms with E-state index < -0.39 is 0 Å². The maximum Gasteiger partial charge on any atom is 0.238 e. The minimum atomic E-state index is 0.0729. The molecule has 0 saturated heterocycles. The van der Waals surface area contributed by atoms with Gasteiger partial charge in [0.25, 0.3) is 0 Å². The number of rotatable bonds is 5. The number of hydrogen-bond donors (Lipinski definition) is 0. The highest BCUT2D eigenvalue weighted by Gasteiger charge is 2.21. The summed E-state index contributed by atoms with van der Waals surface area (Å²) in [4.78, 5) is 15.4. The lowest BCUT2D eigenvalue weighted by atomic mass is 9.99. The number of benzene rings is 7. The molecule has 1 aliphatic rings. The van der Waals surface area contributed by atoms with Crippen molar-refractivity contribution >= 4 is 54.4 Å². The number of allylic oxidation sites excluding steroid dienone is 4. The van der Waals surface area contributed by atoms with Crippen molar-refractivity contribution in [1.82, 2.24) is 24.1 Å². The Morgan fingerprint density at radius 1 is 0.463 bits per heavy atom. The summed E-state index contributed by atoms with van der Waals surface area (Å²) in [7, 11) is 0. The van der Waals surface area contributed by atoms with Gasteiger partial charge in [-0.1, -0.05) is 140 Å². The molecule has 10 aromatic rings. The van der Waals surface area contributed by atoms with Gasteiger partial charge >= 0.3 is 0 Å². The average molecular weight is 692 g/mol. The van der Waals surface area contributed by atoms with Crippen LogP contribution in [-0.4, -0.2) is 24.1 Å². The molecule has 254 valence electrons.